The number of amides is 1. The van der Waals surface area contributed by atoms with Gasteiger partial charge in [-0.25, -0.2) is 15.0 Å². The Hall–Kier alpha value is -2.61. The van der Waals surface area contributed by atoms with E-state index in [0.717, 1.165) is 37.9 Å². The van der Waals surface area contributed by atoms with E-state index in [2.05, 4.69) is 25.3 Å². The maximum Gasteiger partial charge on any atom is 0.226 e. The first-order chi connectivity index (χ1) is 13.2. The summed E-state index contributed by atoms with van der Waals surface area (Å²) in [7, 11) is 0. The molecule has 0 bridgehead atoms. The van der Waals surface area contributed by atoms with E-state index in [1.807, 2.05) is 17.9 Å². The summed E-state index contributed by atoms with van der Waals surface area (Å²) >= 11 is 0. The van der Waals surface area contributed by atoms with Gasteiger partial charge in [-0.05, 0) is 32.6 Å². The van der Waals surface area contributed by atoms with Crippen LogP contribution in [-0.4, -0.2) is 50.5 Å². The zero-order valence-electron chi connectivity index (χ0n) is 15.5. The summed E-state index contributed by atoms with van der Waals surface area (Å²) < 4.78 is 5.40. The highest BCUT2D eigenvalue weighted by Gasteiger charge is 2.35. The van der Waals surface area contributed by atoms with Crippen LogP contribution >= 0.6 is 0 Å². The van der Waals surface area contributed by atoms with E-state index in [9.17, 15) is 4.79 Å². The van der Waals surface area contributed by atoms with Gasteiger partial charge < -0.3 is 15.0 Å². The lowest BCUT2D eigenvalue weighted by atomic mass is 9.98. The van der Waals surface area contributed by atoms with Crippen molar-refractivity contribution in [1.82, 2.24) is 24.8 Å². The number of carbonyl (C=O) groups excluding carboxylic acids is 1. The van der Waals surface area contributed by atoms with Crippen LogP contribution in [-0.2, 0) is 9.53 Å². The second-order valence-electron chi connectivity index (χ2n) is 7.02. The van der Waals surface area contributed by atoms with Gasteiger partial charge in [-0.3, -0.25) is 9.78 Å². The molecule has 142 valence electrons. The van der Waals surface area contributed by atoms with Crippen molar-refractivity contribution in [2.45, 2.75) is 38.6 Å². The first-order valence-corrected chi connectivity index (χ1v) is 9.47. The molecule has 1 unspecified atom stereocenters. The molecular formula is C19H24N6O2. The van der Waals surface area contributed by atoms with E-state index in [-0.39, 0.29) is 17.9 Å². The van der Waals surface area contributed by atoms with E-state index in [0.29, 0.717) is 30.7 Å². The molecule has 1 atom stereocenters. The number of nitrogens with zero attached hydrogens (tertiary/aromatic N) is 5. The minimum Gasteiger partial charge on any atom is -0.381 e. The van der Waals surface area contributed by atoms with Crippen LogP contribution in [0.2, 0.25) is 0 Å². The number of aromatic nitrogens is 4. The number of anilines is 2. The van der Waals surface area contributed by atoms with Crippen molar-refractivity contribution in [1.29, 1.82) is 0 Å². The molecule has 4 rings (SSSR count). The molecule has 2 saturated heterocycles. The number of likely N-dealkylation sites (tertiary alicyclic amines) is 1. The summed E-state index contributed by atoms with van der Waals surface area (Å²) in [6.07, 6.45) is 8.44. The van der Waals surface area contributed by atoms with Gasteiger partial charge in [0, 0.05) is 44.1 Å². The lowest BCUT2D eigenvalue weighted by Crippen LogP contribution is -2.38. The van der Waals surface area contributed by atoms with Crippen molar-refractivity contribution < 1.29 is 9.53 Å². The van der Waals surface area contributed by atoms with Gasteiger partial charge in [0.25, 0.3) is 0 Å². The highest BCUT2D eigenvalue weighted by molar-refractivity contribution is 5.79. The third-order valence-electron chi connectivity index (χ3n) is 5.12. The minimum absolute atomic E-state index is 0.00412. The van der Waals surface area contributed by atoms with Crippen LogP contribution < -0.4 is 5.32 Å². The summed E-state index contributed by atoms with van der Waals surface area (Å²) in [6, 6.07) is 1.92. The Bertz CT molecular complexity index is 794. The molecule has 0 spiro atoms. The Morgan fingerprint density at radius 2 is 2.04 bits per heavy atom. The molecule has 2 aromatic rings. The Kier molecular flexibility index (Phi) is 5.24. The van der Waals surface area contributed by atoms with Gasteiger partial charge in [0.05, 0.1) is 17.9 Å². The van der Waals surface area contributed by atoms with Crippen molar-refractivity contribution >= 4 is 17.5 Å². The molecule has 2 fully saturated rings. The topological polar surface area (TPSA) is 93.1 Å². The standard InChI is InChI=1S/C19H24N6O2/c1-13-22-15(11-17(23-13)24-18-12-20-6-7-21-18)16-3-2-8-25(16)19(26)14-4-9-27-10-5-14/h6-7,11-12,14,16H,2-5,8-10H2,1H3,(H,21,22,23,24). The van der Waals surface area contributed by atoms with Gasteiger partial charge in [-0.15, -0.1) is 0 Å². The highest BCUT2D eigenvalue weighted by Crippen LogP contribution is 2.34. The molecule has 2 aromatic heterocycles. The van der Waals surface area contributed by atoms with Gasteiger partial charge in [0.1, 0.15) is 17.5 Å². The molecule has 2 aliphatic heterocycles. The average Bonchev–Trinajstić information content (AvgIpc) is 3.18. The second-order valence-corrected chi connectivity index (χ2v) is 7.02. The summed E-state index contributed by atoms with van der Waals surface area (Å²) in [6.45, 7) is 4.00. The molecule has 0 radical (unpaired) electrons. The van der Waals surface area contributed by atoms with Crippen molar-refractivity contribution in [3.63, 3.8) is 0 Å². The largest absolute Gasteiger partial charge is 0.381 e. The van der Waals surface area contributed by atoms with Crippen LogP contribution in [0, 0.1) is 12.8 Å². The first kappa shape index (κ1) is 17.8. The van der Waals surface area contributed by atoms with E-state index in [1.54, 1.807) is 18.6 Å². The molecule has 0 aliphatic carbocycles. The number of rotatable bonds is 4. The lowest BCUT2D eigenvalue weighted by molar-refractivity contribution is -0.139. The summed E-state index contributed by atoms with van der Waals surface area (Å²) in [5, 5.41) is 3.17. The molecule has 27 heavy (non-hydrogen) atoms. The molecule has 1 N–H and O–H groups in total. The fraction of sp³-hybridized carbons (Fsp3) is 0.526. The molecule has 0 aromatic carbocycles. The number of ether oxygens (including phenoxy) is 1. The van der Waals surface area contributed by atoms with Crippen molar-refractivity contribution in [2.75, 3.05) is 25.1 Å². The fourth-order valence-electron chi connectivity index (χ4n) is 3.84. The smallest absolute Gasteiger partial charge is 0.226 e. The fourth-order valence-corrected chi connectivity index (χ4v) is 3.84. The highest BCUT2D eigenvalue weighted by atomic mass is 16.5. The third-order valence-corrected chi connectivity index (χ3v) is 5.12. The molecule has 8 heteroatoms. The Balaban J connectivity index is 1.55. The number of hydrogen-bond acceptors (Lipinski definition) is 7. The molecular weight excluding hydrogens is 344 g/mol. The van der Waals surface area contributed by atoms with Crippen LogP contribution in [0.5, 0.6) is 0 Å². The number of hydrogen-bond donors (Lipinski definition) is 1. The van der Waals surface area contributed by atoms with Crippen LogP contribution in [0.1, 0.15) is 43.2 Å². The molecule has 4 heterocycles. The summed E-state index contributed by atoms with van der Waals surface area (Å²) in [5.74, 6) is 2.27. The van der Waals surface area contributed by atoms with Gasteiger partial charge in [0.15, 0.2) is 0 Å². The lowest BCUT2D eigenvalue weighted by Gasteiger charge is -2.30. The number of aryl methyl sites for hydroxylation is 1. The second kappa shape index (κ2) is 7.96. The van der Waals surface area contributed by atoms with Crippen LogP contribution in [0.25, 0.3) is 0 Å². The maximum absolute atomic E-state index is 13.0. The number of nitrogens with one attached hydrogen (secondary N) is 1. The van der Waals surface area contributed by atoms with Crippen molar-refractivity contribution in [3.05, 3.63) is 36.2 Å². The molecule has 0 saturated carbocycles. The van der Waals surface area contributed by atoms with Crippen molar-refractivity contribution in [2.24, 2.45) is 5.92 Å². The maximum atomic E-state index is 13.0. The molecule has 8 nitrogen and oxygen atoms in total. The third kappa shape index (κ3) is 4.05. The normalized spacial score (nSPS) is 20.6. The van der Waals surface area contributed by atoms with Gasteiger partial charge in [-0.2, -0.15) is 0 Å². The first-order valence-electron chi connectivity index (χ1n) is 9.47. The molecule has 2 aliphatic rings. The zero-order valence-corrected chi connectivity index (χ0v) is 15.5. The number of carbonyl (C=O) groups is 1. The van der Waals surface area contributed by atoms with E-state index < -0.39 is 0 Å². The SMILES string of the molecule is Cc1nc(Nc2cnccn2)cc(C2CCCN2C(=O)C2CCOCC2)n1. The van der Waals surface area contributed by atoms with Crippen LogP contribution in [0.4, 0.5) is 11.6 Å². The van der Waals surface area contributed by atoms with Gasteiger partial charge in [0.2, 0.25) is 5.91 Å². The minimum atomic E-state index is 0.00412. The zero-order chi connectivity index (χ0) is 18.6. The van der Waals surface area contributed by atoms with Crippen molar-refractivity contribution in [3.8, 4) is 0 Å². The summed E-state index contributed by atoms with van der Waals surface area (Å²) in [5.41, 5.74) is 0.881. The summed E-state index contributed by atoms with van der Waals surface area (Å²) in [4.78, 5) is 32.4. The Morgan fingerprint density at radius 3 is 2.81 bits per heavy atom. The van der Waals surface area contributed by atoms with Gasteiger partial charge >= 0.3 is 0 Å². The quantitative estimate of drug-likeness (QED) is 0.886. The van der Waals surface area contributed by atoms with E-state index in [1.165, 1.54) is 0 Å². The Labute approximate surface area is 158 Å². The van der Waals surface area contributed by atoms with Crippen LogP contribution in [0.15, 0.2) is 24.7 Å². The van der Waals surface area contributed by atoms with Gasteiger partial charge in [-0.1, -0.05) is 0 Å². The average molecular weight is 368 g/mol. The van der Waals surface area contributed by atoms with E-state index in [4.69, 9.17) is 4.74 Å². The monoisotopic (exact) mass is 368 g/mol. The predicted molar refractivity (Wildman–Crippen MR) is 99.3 cm³/mol. The molecule has 1 amide bonds. The Morgan fingerprint density at radius 1 is 1.19 bits per heavy atom. The predicted octanol–water partition coefficient (Wildman–Crippen LogP) is 2.41. The van der Waals surface area contributed by atoms with E-state index >= 15 is 0 Å². The van der Waals surface area contributed by atoms with Crippen LogP contribution in [0.3, 0.4) is 0 Å².